The largest absolute Gasteiger partial charge is 0.327 e. The lowest BCUT2D eigenvalue weighted by molar-refractivity contribution is -0.453. The second-order valence-electron chi connectivity index (χ2n) is 4.90. The highest BCUT2D eigenvalue weighted by Crippen LogP contribution is 2.36. The van der Waals surface area contributed by atoms with Gasteiger partial charge in [0.2, 0.25) is 0 Å². The lowest BCUT2D eigenvalue weighted by Gasteiger charge is -2.46. The van der Waals surface area contributed by atoms with E-state index < -0.39 is 5.97 Å². The molecule has 0 aromatic rings. The Balaban J connectivity index is 1.60. The van der Waals surface area contributed by atoms with Gasteiger partial charge in [0, 0.05) is 12.3 Å². The third-order valence-electron chi connectivity index (χ3n) is 3.55. The topological polar surface area (TPSA) is 39.7 Å². The molecule has 86 valence electrons. The van der Waals surface area contributed by atoms with E-state index in [9.17, 15) is 0 Å². The molecule has 4 heteroatoms. The van der Waals surface area contributed by atoms with E-state index in [1.54, 1.807) is 0 Å². The van der Waals surface area contributed by atoms with Crippen molar-refractivity contribution in [1.29, 1.82) is 0 Å². The summed E-state index contributed by atoms with van der Waals surface area (Å²) in [5.74, 6) is 0.392. The van der Waals surface area contributed by atoms with E-state index in [0.29, 0.717) is 11.8 Å². The van der Waals surface area contributed by atoms with E-state index in [1.807, 2.05) is 0 Å². The number of nitrogens with one attached hydrogen (secondary N) is 1. The van der Waals surface area contributed by atoms with Crippen molar-refractivity contribution in [2.75, 3.05) is 32.9 Å². The molecule has 4 heterocycles. The van der Waals surface area contributed by atoms with E-state index in [1.165, 1.54) is 12.8 Å². The van der Waals surface area contributed by atoms with E-state index in [2.05, 4.69) is 5.32 Å². The molecule has 4 nitrogen and oxygen atoms in total. The van der Waals surface area contributed by atoms with Gasteiger partial charge in [-0.1, -0.05) is 0 Å². The van der Waals surface area contributed by atoms with Crippen LogP contribution in [0.2, 0.25) is 0 Å². The lowest BCUT2D eigenvalue weighted by atomic mass is 9.94. The van der Waals surface area contributed by atoms with Crippen LogP contribution in [-0.4, -0.2) is 38.9 Å². The Morgan fingerprint density at radius 3 is 2.47 bits per heavy atom. The Morgan fingerprint density at radius 1 is 1.13 bits per heavy atom. The molecule has 4 aliphatic heterocycles. The van der Waals surface area contributed by atoms with Crippen molar-refractivity contribution in [3.05, 3.63) is 0 Å². The summed E-state index contributed by atoms with van der Waals surface area (Å²) in [6.45, 7) is 4.63. The van der Waals surface area contributed by atoms with Crippen LogP contribution in [0.4, 0.5) is 0 Å². The van der Waals surface area contributed by atoms with E-state index in [4.69, 9.17) is 14.2 Å². The minimum Gasteiger partial charge on any atom is -0.327 e. The molecule has 1 atom stereocenters. The predicted molar refractivity (Wildman–Crippen MR) is 54.3 cm³/mol. The first-order chi connectivity index (χ1) is 7.36. The fourth-order valence-electron chi connectivity index (χ4n) is 2.63. The number of hydrogen-bond donors (Lipinski definition) is 1. The quantitative estimate of drug-likeness (QED) is 0.734. The van der Waals surface area contributed by atoms with Crippen molar-refractivity contribution in [3.8, 4) is 0 Å². The molecule has 0 amide bonds. The third kappa shape index (κ3) is 2.04. The molecule has 0 aromatic heterocycles. The maximum Gasteiger partial charge on any atom is 0.283 e. The van der Waals surface area contributed by atoms with Gasteiger partial charge >= 0.3 is 0 Å². The second kappa shape index (κ2) is 4.01. The first-order valence-electron chi connectivity index (χ1n) is 5.99. The van der Waals surface area contributed by atoms with E-state index in [0.717, 1.165) is 39.3 Å². The highest BCUT2D eigenvalue weighted by atomic mass is 16.9. The van der Waals surface area contributed by atoms with Crippen LogP contribution in [-0.2, 0) is 14.2 Å². The Labute approximate surface area is 90.3 Å². The van der Waals surface area contributed by atoms with Gasteiger partial charge in [0.05, 0.1) is 19.8 Å². The molecule has 4 saturated heterocycles. The third-order valence-corrected chi connectivity index (χ3v) is 3.55. The number of hydrogen-bond acceptors (Lipinski definition) is 4. The van der Waals surface area contributed by atoms with Crippen molar-refractivity contribution in [1.82, 2.24) is 5.32 Å². The summed E-state index contributed by atoms with van der Waals surface area (Å²) in [7, 11) is 0. The number of piperidine rings is 1. The van der Waals surface area contributed by atoms with Gasteiger partial charge in [0.1, 0.15) is 0 Å². The summed E-state index contributed by atoms with van der Waals surface area (Å²) in [6, 6.07) is 0. The maximum atomic E-state index is 5.70. The fourth-order valence-corrected chi connectivity index (χ4v) is 2.63. The average Bonchev–Trinajstić information content (AvgIpc) is 2.32. The van der Waals surface area contributed by atoms with Gasteiger partial charge in [-0.3, -0.25) is 0 Å². The summed E-state index contributed by atoms with van der Waals surface area (Å²) < 4.78 is 17.1. The Hall–Kier alpha value is -0.160. The summed E-state index contributed by atoms with van der Waals surface area (Å²) in [5, 5.41) is 3.41. The molecule has 4 fully saturated rings. The zero-order chi connectivity index (χ0) is 10.1. The maximum absolute atomic E-state index is 5.70. The Morgan fingerprint density at radius 2 is 1.87 bits per heavy atom. The minimum absolute atomic E-state index is 0.455. The minimum atomic E-state index is -0.696. The molecule has 0 aromatic carbocycles. The van der Waals surface area contributed by atoms with Crippen molar-refractivity contribution < 1.29 is 14.2 Å². The molecule has 4 rings (SSSR count). The second-order valence-corrected chi connectivity index (χ2v) is 4.90. The average molecular weight is 213 g/mol. The molecule has 4 aliphatic rings. The smallest absolute Gasteiger partial charge is 0.283 e. The van der Waals surface area contributed by atoms with Gasteiger partial charge in [-0.15, -0.1) is 0 Å². The number of rotatable bonds is 2. The zero-order valence-electron chi connectivity index (χ0n) is 9.04. The van der Waals surface area contributed by atoms with Crippen LogP contribution in [0, 0.1) is 11.8 Å². The first-order valence-corrected chi connectivity index (χ1v) is 5.99. The summed E-state index contributed by atoms with van der Waals surface area (Å²) in [4.78, 5) is 0. The normalized spacial score (nSPS) is 45.6. The number of ether oxygens (including phenoxy) is 3. The van der Waals surface area contributed by atoms with E-state index in [-0.39, 0.29) is 0 Å². The molecule has 1 unspecified atom stereocenters. The predicted octanol–water partition coefficient (Wildman–Crippen LogP) is 0.723. The van der Waals surface area contributed by atoms with Crippen LogP contribution in [0.15, 0.2) is 0 Å². The van der Waals surface area contributed by atoms with Gasteiger partial charge in [-0.05, 0) is 31.8 Å². The van der Waals surface area contributed by atoms with Crippen molar-refractivity contribution >= 4 is 0 Å². The molecular formula is C11H19NO3. The van der Waals surface area contributed by atoms with Gasteiger partial charge < -0.3 is 19.5 Å². The van der Waals surface area contributed by atoms with Gasteiger partial charge in [0.15, 0.2) is 0 Å². The monoisotopic (exact) mass is 213 g/mol. The zero-order valence-corrected chi connectivity index (χ0v) is 9.04. The van der Waals surface area contributed by atoms with Gasteiger partial charge in [0.25, 0.3) is 5.97 Å². The van der Waals surface area contributed by atoms with Crippen LogP contribution in [0.5, 0.6) is 0 Å². The molecule has 0 saturated carbocycles. The van der Waals surface area contributed by atoms with Crippen LogP contribution in [0.1, 0.15) is 19.3 Å². The molecule has 0 spiro atoms. The molecule has 1 N–H and O–H groups in total. The molecule has 15 heavy (non-hydrogen) atoms. The van der Waals surface area contributed by atoms with Gasteiger partial charge in [-0.25, -0.2) is 0 Å². The Kier molecular flexibility index (Phi) is 2.68. The van der Waals surface area contributed by atoms with Crippen LogP contribution >= 0.6 is 0 Å². The fraction of sp³-hybridized carbons (Fsp3) is 1.00. The first kappa shape index (κ1) is 10.0. The highest BCUT2D eigenvalue weighted by Gasteiger charge is 2.45. The van der Waals surface area contributed by atoms with E-state index >= 15 is 0 Å². The van der Waals surface area contributed by atoms with Crippen molar-refractivity contribution in [3.63, 3.8) is 0 Å². The van der Waals surface area contributed by atoms with Crippen LogP contribution < -0.4 is 5.32 Å². The molecule has 0 aliphatic carbocycles. The summed E-state index contributed by atoms with van der Waals surface area (Å²) >= 11 is 0. The molecule has 2 bridgehead atoms. The molecular weight excluding hydrogens is 194 g/mol. The summed E-state index contributed by atoms with van der Waals surface area (Å²) in [6.07, 6.45) is 3.39. The van der Waals surface area contributed by atoms with Crippen molar-refractivity contribution in [2.24, 2.45) is 11.8 Å². The molecule has 0 radical (unpaired) electrons. The highest BCUT2D eigenvalue weighted by molar-refractivity contribution is 4.79. The SMILES string of the molecule is C1CNCC(CC23OCC(CO2)CO3)C1. The van der Waals surface area contributed by atoms with Gasteiger partial charge in [-0.2, -0.15) is 0 Å². The Bertz CT molecular complexity index is 206. The van der Waals surface area contributed by atoms with Crippen LogP contribution in [0.3, 0.4) is 0 Å². The van der Waals surface area contributed by atoms with Crippen LogP contribution in [0.25, 0.3) is 0 Å². The summed E-state index contributed by atoms with van der Waals surface area (Å²) in [5.41, 5.74) is 0. The lowest BCUT2D eigenvalue weighted by Crippen LogP contribution is -2.55. The number of fused-ring (bicyclic) bond motifs is 3. The van der Waals surface area contributed by atoms with Crippen molar-refractivity contribution in [2.45, 2.75) is 25.2 Å². The standard InChI is InChI=1S/C11H19NO3/c1-2-9(5-12-3-1)4-11-13-6-10(7-14-11)8-15-11/h9-10,12H,1-8H2.